The largest absolute Gasteiger partial charge is 0.458 e. The van der Waals surface area contributed by atoms with E-state index in [0.717, 1.165) is 36.8 Å². The van der Waals surface area contributed by atoms with Crippen molar-refractivity contribution in [1.82, 2.24) is 10.2 Å². The van der Waals surface area contributed by atoms with Gasteiger partial charge in [0, 0.05) is 6.54 Å². The molecule has 1 aromatic carbocycles. The molecule has 3 aliphatic rings. The van der Waals surface area contributed by atoms with Crippen LogP contribution in [0.2, 0.25) is 0 Å². The fourth-order valence-corrected chi connectivity index (χ4v) is 5.97. The van der Waals surface area contributed by atoms with Crippen LogP contribution in [0.4, 0.5) is 4.79 Å². The van der Waals surface area contributed by atoms with Crippen LogP contribution < -0.4 is 5.32 Å². The van der Waals surface area contributed by atoms with Crippen LogP contribution in [0.15, 0.2) is 30.3 Å². The molecule has 2 amide bonds. The molecule has 4 rings (SSSR count). The highest BCUT2D eigenvalue weighted by Gasteiger charge is 2.50. The van der Waals surface area contributed by atoms with Crippen molar-refractivity contribution in [2.45, 2.75) is 109 Å². The molecule has 0 aromatic heterocycles. The molecule has 0 saturated carbocycles. The molecule has 2 aliphatic heterocycles. The lowest BCUT2D eigenvalue weighted by Crippen LogP contribution is -2.72. The average molecular weight is 601 g/mol. The molecule has 1 N–H and O–H groups in total. The summed E-state index contributed by atoms with van der Waals surface area (Å²) in [5, 5.41) is 3.14. The third kappa shape index (κ3) is 9.27. The Bertz CT molecular complexity index is 1180. The number of hydrogen-bond donors (Lipinski definition) is 1. The van der Waals surface area contributed by atoms with Crippen molar-refractivity contribution in [3.63, 3.8) is 0 Å². The van der Waals surface area contributed by atoms with E-state index in [1.54, 1.807) is 4.90 Å². The second-order valence-corrected chi connectivity index (χ2v) is 13.7. The molecule has 2 saturated heterocycles. The molecule has 3 atom stereocenters. The molecule has 1 aromatic rings. The first kappa shape index (κ1) is 33.0. The van der Waals surface area contributed by atoms with Gasteiger partial charge in [0.05, 0.1) is 37.5 Å². The molecule has 1 aliphatic carbocycles. The van der Waals surface area contributed by atoms with Gasteiger partial charge in [-0.2, -0.15) is 0 Å². The zero-order valence-electron chi connectivity index (χ0n) is 26.5. The summed E-state index contributed by atoms with van der Waals surface area (Å²) in [7, 11) is 0. The molecule has 1 spiro atoms. The molecule has 2 fully saturated rings. The summed E-state index contributed by atoms with van der Waals surface area (Å²) in [5.41, 5.74) is 1.44. The van der Waals surface area contributed by atoms with E-state index < -0.39 is 28.9 Å². The summed E-state index contributed by atoms with van der Waals surface area (Å²) in [6.07, 6.45) is 5.55. The van der Waals surface area contributed by atoms with Gasteiger partial charge in [-0.15, -0.1) is 0 Å². The van der Waals surface area contributed by atoms with Crippen molar-refractivity contribution in [1.29, 1.82) is 0 Å². The number of piperidine rings is 1. The topological polar surface area (TPSA) is 113 Å². The number of rotatable bonds is 8. The van der Waals surface area contributed by atoms with Crippen LogP contribution in [0.3, 0.4) is 0 Å². The first-order valence-electron chi connectivity index (χ1n) is 15.3. The van der Waals surface area contributed by atoms with E-state index in [1.807, 2.05) is 59.7 Å². The third-order valence-electron chi connectivity index (χ3n) is 7.76. The maximum absolute atomic E-state index is 13.2. The lowest BCUT2D eigenvalue weighted by atomic mass is 9.81. The second kappa shape index (κ2) is 13.8. The standard InChI is InChI=1S/C33H48N2O8/c1-31(2,3)42-29(37)21-39-18-24-10-7-8-11-26(24)23-12-14-25(15-13-23)41-19-27-33(22-40-20-28(36)34-33)16-9-17-35(27)30(38)43-32(4,5)6/h7-8,10-12,25,27H,9,13-22H2,1-6H3,(H,34,36)/t25-,27?,33?/m1/s1. The number of esters is 1. The Morgan fingerprint density at radius 3 is 2.51 bits per heavy atom. The van der Waals surface area contributed by atoms with Gasteiger partial charge in [-0.25, -0.2) is 9.59 Å². The molecule has 238 valence electrons. The highest BCUT2D eigenvalue weighted by atomic mass is 16.6. The Balaban J connectivity index is 1.39. The predicted molar refractivity (Wildman–Crippen MR) is 161 cm³/mol. The number of allylic oxidation sites excluding steroid dienone is 1. The van der Waals surface area contributed by atoms with E-state index in [4.69, 9.17) is 23.7 Å². The number of benzene rings is 1. The van der Waals surface area contributed by atoms with Gasteiger partial charge in [0.25, 0.3) is 0 Å². The number of carbonyl (C=O) groups is 3. The zero-order chi connectivity index (χ0) is 31.3. The maximum atomic E-state index is 13.2. The molecular formula is C33H48N2O8. The van der Waals surface area contributed by atoms with Crippen molar-refractivity contribution in [2.75, 3.05) is 33.0 Å². The molecule has 43 heavy (non-hydrogen) atoms. The van der Waals surface area contributed by atoms with Crippen molar-refractivity contribution in [3.05, 3.63) is 41.5 Å². The van der Waals surface area contributed by atoms with Crippen molar-refractivity contribution in [3.8, 4) is 0 Å². The summed E-state index contributed by atoms with van der Waals surface area (Å²) < 4.78 is 28.9. The molecule has 0 bridgehead atoms. The molecule has 0 radical (unpaired) electrons. The molecule has 2 heterocycles. The Kier molecular flexibility index (Phi) is 10.6. The lowest BCUT2D eigenvalue weighted by molar-refractivity contribution is -0.160. The van der Waals surface area contributed by atoms with Crippen LogP contribution in [-0.2, 0) is 39.9 Å². The van der Waals surface area contributed by atoms with Gasteiger partial charge < -0.3 is 33.9 Å². The van der Waals surface area contributed by atoms with Crippen LogP contribution in [-0.4, -0.2) is 84.7 Å². The van der Waals surface area contributed by atoms with E-state index in [1.165, 1.54) is 5.57 Å². The van der Waals surface area contributed by atoms with Gasteiger partial charge >= 0.3 is 12.1 Å². The highest BCUT2D eigenvalue weighted by Crippen LogP contribution is 2.34. The zero-order valence-corrected chi connectivity index (χ0v) is 26.5. The van der Waals surface area contributed by atoms with Crippen molar-refractivity contribution >= 4 is 23.5 Å². The van der Waals surface area contributed by atoms with Crippen molar-refractivity contribution < 1.29 is 38.1 Å². The van der Waals surface area contributed by atoms with E-state index >= 15 is 0 Å². The monoisotopic (exact) mass is 600 g/mol. The Labute approximate surface area is 255 Å². The number of nitrogens with one attached hydrogen (secondary N) is 1. The third-order valence-corrected chi connectivity index (χ3v) is 7.76. The average Bonchev–Trinajstić information content (AvgIpc) is 2.91. The highest BCUT2D eigenvalue weighted by molar-refractivity contribution is 5.79. The van der Waals surface area contributed by atoms with Gasteiger partial charge in [-0.1, -0.05) is 30.3 Å². The van der Waals surface area contributed by atoms with Crippen LogP contribution in [0, 0.1) is 0 Å². The SMILES string of the molecule is CC(C)(C)OC(=O)COCc1ccccc1C1=CC[C@@H](OCC2N(C(=O)OC(C)(C)C)CCCC23COCC(=O)N3)CC1. The van der Waals surface area contributed by atoms with Gasteiger partial charge in [0.15, 0.2) is 0 Å². The van der Waals surface area contributed by atoms with Gasteiger partial charge in [-0.3, -0.25) is 4.79 Å². The molecule has 2 unspecified atom stereocenters. The number of hydrogen-bond acceptors (Lipinski definition) is 8. The number of likely N-dealkylation sites (tertiary alicyclic amines) is 1. The maximum Gasteiger partial charge on any atom is 0.410 e. The Morgan fingerprint density at radius 1 is 1.09 bits per heavy atom. The number of nitrogens with zero attached hydrogens (tertiary/aromatic N) is 1. The Hall–Kier alpha value is -2.95. The van der Waals surface area contributed by atoms with E-state index in [-0.39, 0.29) is 37.8 Å². The van der Waals surface area contributed by atoms with Gasteiger partial charge in [0.2, 0.25) is 5.91 Å². The first-order valence-corrected chi connectivity index (χ1v) is 15.3. The summed E-state index contributed by atoms with van der Waals surface area (Å²) in [4.78, 5) is 39.4. The fourth-order valence-electron chi connectivity index (χ4n) is 5.97. The lowest BCUT2D eigenvalue weighted by Gasteiger charge is -2.51. The molecular weight excluding hydrogens is 552 g/mol. The van der Waals surface area contributed by atoms with E-state index in [0.29, 0.717) is 26.2 Å². The molecule has 10 heteroatoms. The summed E-state index contributed by atoms with van der Waals surface area (Å²) in [5.74, 6) is -0.563. The van der Waals surface area contributed by atoms with Crippen LogP contribution in [0.5, 0.6) is 0 Å². The fraction of sp³-hybridized carbons (Fsp3) is 0.667. The van der Waals surface area contributed by atoms with Crippen LogP contribution in [0.1, 0.15) is 84.8 Å². The van der Waals surface area contributed by atoms with E-state index in [9.17, 15) is 14.4 Å². The number of amides is 2. The number of carbonyl (C=O) groups excluding carboxylic acids is 3. The van der Waals surface area contributed by atoms with Gasteiger partial charge in [-0.05, 0) is 90.3 Å². The summed E-state index contributed by atoms with van der Waals surface area (Å²) in [6, 6.07) is 7.66. The Morgan fingerprint density at radius 2 is 1.84 bits per heavy atom. The molecule has 10 nitrogen and oxygen atoms in total. The van der Waals surface area contributed by atoms with Crippen LogP contribution in [0.25, 0.3) is 5.57 Å². The van der Waals surface area contributed by atoms with Gasteiger partial charge in [0.1, 0.15) is 24.4 Å². The summed E-state index contributed by atoms with van der Waals surface area (Å²) >= 11 is 0. The quantitative estimate of drug-likeness (QED) is 0.425. The minimum Gasteiger partial charge on any atom is -0.458 e. The van der Waals surface area contributed by atoms with Crippen molar-refractivity contribution in [2.24, 2.45) is 0 Å². The minimum atomic E-state index is -0.710. The minimum absolute atomic E-state index is 0.0193. The van der Waals surface area contributed by atoms with Crippen LogP contribution >= 0.6 is 0 Å². The second-order valence-electron chi connectivity index (χ2n) is 13.7. The summed E-state index contributed by atoms with van der Waals surface area (Å²) in [6.45, 7) is 12.4. The predicted octanol–water partition coefficient (Wildman–Crippen LogP) is 4.78. The van der Waals surface area contributed by atoms with E-state index in [2.05, 4.69) is 17.5 Å². The first-order chi connectivity index (χ1) is 20.2. The smallest absolute Gasteiger partial charge is 0.410 e. The number of morpholine rings is 1. The number of ether oxygens (including phenoxy) is 5. The normalized spacial score (nSPS) is 24.7.